The SMILES string of the molecule is CC(I)(I)I.Nc1c(-c2cccnc2)cncc1[N+](=O)[O-]. The summed E-state index contributed by atoms with van der Waals surface area (Å²) >= 11 is 7.05. The van der Waals surface area contributed by atoms with E-state index in [0.717, 1.165) is 6.20 Å². The molecular formula is C12H11I3N4O2. The van der Waals surface area contributed by atoms with Gasteiger partial charge in [0.05, 0.1) is 4.92 Å². The highest BCUT2D eigenvalue weighted by Crippen LogP contribution is 2.33. The summed E-state index contributed by atoms with van der Waals surface area (Å²) < 4.78 is 0.410. The molecule has 6 nitrogen and oxygen atoms in total. The number of nitro groups is 1. The van der Waals surface area contributed by atoms with Crippen molar-refractivity contribution in [3.63, 3.8) is 0 Å². The molecule has 0 saturated heterocycles. The Morgan fingerprint density at radius 1 is 1.24 bits per heavy atom. The van der Waals surface area contributed by atoms with Crippen molar-refractivity contribution in [1.82, 2.24) is 9.97 Å². The van der Waals surface area contributed by atoms with E-state index in [0.29, 0.717) is 10.6 Å². The molecule has 2 N–H and O–H groups in total. The van der Waals surface area contributed by atoms with Crippen molar-refractivity contribution in [2.24, 2.45) is 0 Å². The number of aromatic nitrogens is 2. The minimum atomic E-state index is -0.553. The highest BCUT2D eigenvalue weighted by molar-refractivity contribution is 14.3. The molecule has 0 unspecified atom stereocenters. The van der Waals surface area contributed by atoms with Gasteiger partial charge in [0.2, 0.25) is 0 Å². The number of halogens is 3. The van der Waals surface area contributed by atoms with Crippen LogP contribution in [0, 0.1) is 10.1 Å². The van der Waals surface area contributed by atoms with Crippen LogP contribution in [-0.2, 0) is 0 Å². The van der Waals surface area contributed by atoms with E-state index < -0.39 is 4.92 Å². The zero-order chi connectivity index (χ0) is 16.0. The summed E-state index contributed by atoms with van der Waals surface area (Å²) in [6, 6.07) is 3.50. The highest BCUT2D eigenvalue weighted by atomic mass is 127. The summed E-state index contributed by atoms with van der Waals surface area (Å²) in [7, 11) is 0. The van der Waals surface area contributed by atoms with Crippen molar-refractivity contribution >= 4 is 79.1 Å². The van der Waals surface area contributed by atoms with Crippen LogP contribution in [0.2, 0.25) is 0 Å². The lowest BCUT2D eigenvalue weighted by Gasteiger charge is -2.04. The van der Waals surface area contributed by atoms with Gasteiger partial charge in [0.15, 0.2) is 0 Å². The summed E-state index contributed by atoms with van der Waals surface area (Å²) in [4.78, 5) is 17.8. The van der Waals surface area contributed by atoms with Gasteiger partial charge >= 0.3 is 5.69 Å². The fraction of sp³-hybridized carbons (Fsp3) is 0.167. The minimum Gasteiger partial charge on any atom is -0.393 e. The first kappa shape index (κ1) is 18.7. The van der Waals surface area contributed by atoms with Crippen molar-refractivity contribution in [3.05, 3.63) is 47.0 Å². The summed E-state index contributed by atoms with van der Waals surface area (Å²) in [6.45, 7) is 2.15. The number of nitrogens with two attached hydrogens (primary N) is 1. The molecule has 0 amide bonds. The van der Waals surface area contributed by atoms with E-state index in [1.807, 2.05) is 0 Å². The number of pyridine rings is 2. The lowest BCUT2D eigenvalue weighted by molar-refractivity contribution is -0.384. The first-order valence-electron chi connectivity index (χ1n) is 5.55. The topological polar surface area (TPSA) is 94.9 Å². The summed E-state index contributed by atoms with van der Waals surface area (Å²) in [6.07, 6.45) is 5.82. The Kier molecular flexibility index (Phi) is 7.46. The van der Waals surface area contributed by atoms with Crippen LogP contribution in [0.3, 0.4) is 0 Å². The van der Waals surface area contributed by atoms with Crippen LogP contribution < -0.4 is 5.73 Å². The van der Waals surface area contributed by atoms with Crippen molar-refractivity contribution in [2.75, 3.05) is 5.73 Å². The molecule has 0 aliphatic rings. The van der Waals surface area contributed by atoms with Crippen LogP contribution in [0.4, 0.5) is 11.4 Å². The monoisotopic (exact) mass is 624 g/mol. The second-order valence-corrected chi connectivity index (χ2v) is 16.6. The molecule has 0 aliphatic carbocycles. The third kappa shape index (κ3) is 6.99. The van der Waals surface area contributed by atoms with Crippen LogP contribution in [0.1, 0.15) is 6.92 Å². The standard InChI is InChI=1S/C10H8N4O2.C2H3I3/c11-10-8(7-2-1-3-12-4-7)5-13-6-9(10)14(15)16;1-2(3,4)5/h1-6H,(H2,11,13);1H3. The molecule has 2 aromatic heterocycles. The zero-order valence-corrected chi connectivity index (χ0v) is 17.3. The second kappa shape index (κ2) is 8.36. The number of nitrogen functional groups attached to an aromatic ring is 1. The molecule has 0 radical (unpaired) electrons. The van der Waals surface area contributed by atoms with E-state index in [4.69, 9.17) is 5.73 Å². The molecule has 0 atom stereocenters. The van der Waals surface area contributed by atoms with E-state index in [-0.39, 0.29) is 11.4 Å². The van der Waals surface area contributed by atoms with E-state index in [1.165, 1.54) is 6.20 Å². The fourth-order valence-electron chi connectivity index (χ4n) is 1.36. The third-order valence-corrected chi connectivity index (χ3v) is 2.14. The van der Waals surface area contributed by atoms with Crippen LogP contribution in [0.25, 0.3) is 11.1 Å². The average molecular weight is 624 g/mol. The van der Waals surface area contributed by atoms with Gasteiger partial charge in [0.1, 0.15) is 11.3 Å². The van der Waals surface area contributed by atoms with Gasteiger partial charge < -0.3 is 5.73 Å². The molecule has 2 heterocycles. The Balaban J connectivity index is 0.000000383. The molecule has 0 spiro atoms. The lowest BCUT2D eigenvalue weighted by Crippen LogP contribution is -1.99. The summed E-state index contributed by atoms with van der Waals surface area (Å²) in [5.41, 5.74) is 6.84. The van der Waals surface area contributed by atoms with Gasteiger partial charge in [-0.2, -0.15) is 0 Å². The Bertz CT molecular complexity index is 612. The summed E-state index contributed by atoms with van der Waals surface area (Å²) in [5.74, 6) is 0. The Morgan fingerprint density at radius 3 is 2.33 bits per heavy atom. The number of alkyl halides is 3. The quantitative estimate of drug-likeness (QED) is 0.228. The van der Waals surface area contributed by atoms with Gasteiger partial charge in [-0.25, -0.2) is 0 Å². The Hall–Kier alpha value is -0.310. The Morgan fingerprint density at radius 2 is 1.86 bits per heavy atom. The minimum absolute atomic E-state index is 0.105. The van der Waals surface area contributed by atoms with E-state index in [9.17, 15) is 10.1 Å². The largest absolute Gasteiger partial charge is 0.393 e. The lowest BCUT2D eigenvalue weighted by atomic mass is 10.1. The molecule has 0 fully saturated rings. The number of rotatable bonds is 2. The van der Waals surface area contributed by atoms with Gasteiger partial charge in [0, 0.05) is 29.7 Å². The number of anilines is 1. The van der Waals surface area contributed by atoms with Gasteiger partial charge in [-0.05, 0) is 13.0 Å². The van der Waals surface area contributed by atoms with Crippen LogP contribution in [-0.4, -0.2) is 14.3 Å². The van der Waals surface area contributed by atoms with Crippen LogP contribution in [0.5, 0.6) is 0 Å². The predicted molar refractivity (Wildman–Crippen MR) is 109 cm³/mol. The Labute approximate surface area is 162 Å². The average Bonchev–Trinajstić information content (AvgIpc) is 2.37. The highest BCUT2D eigenvalue weighted by Gasteiger charge is 2.16. The zero-order valence-electron chi connectivity index (χ0n) is 10.8. The van der Waals surface area contributed by atoms with Gasteiger partial charge in [-0.1, -0.05) is 73.8 Å². The van der Waals surface area contributed by atoms with Gasteiger partial charge in [-0.15, -0.1) is 0 Å². The maximum absolute atomic E-state index is 10.7. The van der Waals surface area contributed by atoms with Crippen molar-refractivity contribution < 1.29 is 4.92 Å². The molecule has 2 aromatic rings. The molecule has 9 heteroatoms. The fourth-order valence-corrected chi connectivity index (χ4v) is 1.36. The van der Waals surface area contributed by atoms with E-state index in [2.05, 4.69) is 84.7 Å². The molecule has 21 heavy (non-hydrogen) atoms. The molecule has 2 rings (SSSR count). The number of hydrogen-bond acceptors (Lipinski definition) is 5. The molecule has 0 aliphatic heterocycles. The molecule has 0 bridgehead atoms. The number of hydrogen-bond donors (Lipinski definition) is 1. The van der Waals surface area contributed by atoms with E-state index in [1.54, 1.807) is 24.5 Å². The summed E-state index contributed by atoms with van der Waals surface area (Å²) in [5, 5.41) is 10.7. The molecular weight excluding hydrogens is 613 g/mol. The maximum Gasteiger partial charge on any atom is 0.310 e. The van der Waals surface area contributed by atoms with Crippen molar-refractivity contribution in [2.45, 2.75) is 6.36 Å². The smallest absolute Gasteiger partial charge is 0.310 e. The van der Waals surface area contributed by atoms with Gasteiger partial charge in [0.25, 0.3) is 0 Å². The second-order valence-electron chi connectivity index (χ2n) is 3.90. The predicted octanol–water partition coefficient (Wildman–Crippen LogP) is 4.60. The normalized spacial score (nSPS) is 10.5. The molecule has 0 saturated carbocycles. The maximum atomic E-state index is 10.7. The first-order valence-corrected chi connectivity index (χ1v) is 8.78. The van der Waals surface area contributed by atoms with Crippen LogP contribution in [0.15, 0.2) is 36.9 Å². The molecule has 112 valence electrons. The third-order valence-electron chi connectivity index (χ3n) is 2.14. The van der Waals surface area contributed by atoms with Gasteiger partial charge in [-0.3, -0.25) is 20.1 Å². The molecule has 0 aromatic carbocycles. The van der Waals surface area contributed by atoms with Crippen molar-refractivity contribution in [1.29, 1.82) is 0 Å². The van der Waals surface area contributed by atoms with Crippen LogP contribution >= 0.6 is 67.8 Å². The van der Waals surface area contributed by atoms with Crippen molar-refractivity contribution in [3.8, 4) is 11.1 Å². The number of nitrogens with zero attached hydrogens (tertiary/aromatic N) is 3. The first-order chi connectivity index (χ1) is 9.70. The van der Waals surface area contributed by atoms with E-state index >= 15 is 0 Å².